The average molecular weight is 264 g/mol. The number of aromatic nitrogens is 2. The van der Waals surface area contributed by atoms with Crippen molar-refractivity contribution in [1.82, 2.24) is 9.78 Å². The number of nitrogens with zero attached hydrogens (tertiary/aromatic N) is 2. The van der Waals surface area contributed by atoms with Crippen LogP contribution in [0.1, 0.15) is 11.3 Å². The standard InChI is InChI=1S/C17H16N2O/c1-12-8-6-7-11-15(12)19-16(17(20)13(2)18-19)14-9-4-3-5-10-14/h3-11,20H,1-2H3. The Labute approximate surface area is 118 Å². The van der Waals surface area contributed by atoms with E-state index in [9.17, 15) is 5.11 Å². The van der Waals surface area contributed by atoms with Crippen molar-refractivity contribution in [2.45, 2.75) is 13.8 Å². The summed E-state index contributed by atoms with van der Waals surface area (Å²) in [6.07, 6.45) is 0. The summed E-state index contributed by atoms with van der Waals surface area (Å²) in [6, 6.07) is 17.9. The summed E-state index contributed by atoms with van der Waals surface area (Å²) in [5.74, 6) is 0.236. The predicted molar refractivity (Wildman–Crippen MR) is 80.1 cm³/mol. The summed E-state index contributed by atoms with van der Waals surface area (Å²) in [5, 5.41) is 14.8. The van der Waals surface area contributed by atoms with E-state index in [2.05, 4.69) is 5.10 Å². The van der Waals surface area contributed by atoms with Crippen LogP contribution >= 0.6 is 0 Å². The molecule has 0 atom stereocenters. The molecule has 3 nitrogen and oxygen atoms in total. The first-order chi connectivity index (χ1) is 9.68. The molecule has 0 amide bonds. The lowest BCUT2D eigenvalue weighted by atomic mass is 10.1. The van der Waals surface area contributed by atoms with Crippen molar-refractivity contribution >= 4 is 0 Å². The molecule has 0 unspecified atom stereocenters. The molecular formula is C17H16N2O. The van der Waals surface area contributed by atoms with Gasteiger partial charge in [-0.1, -0.05) is 48.5 Å². The smallest absolute Gasteiger partial charge is 0.165 e. The van der Waals surface area contributed by atoms with Gasteiger partial charge in [0.25, 0.3) is 0 Å². The molecule has 0 aliphatic rings. The molecule has 2 aromatic carbocycles. The Morgan fingerprint density at radius 3 is 2.25 bits per heavy atom. The van der Waals surface area contributed by atoms with Gasteiger partial charge in [0.2, 0.25) is 0 Å². The fraction of sp³-hybridized carbons (Fsp3) is 0.118. The molecule has 1 heterocycles. The summed E-state index contributed by atoms with van der Waals surface area (Å²) in [5.41, 5.74) is 4.42. The van der Waals surface area contributed by atoms with E-state index >= 15 is 0 Å². The zero-order chi connectivity index (χ0) is 14.1. The largest absolute Gasteiger partial charge is 0.504 e. The molecule has 0 aliphatic carbocycles. The van der Waals surface area contributed by atoms with Crippen molar-refractivity contribution < 1.29 is 5.11 Å². The van der Waals surface area contributed by atoms with Crippen LogP contribution in [0, 0.1) is 13.8 Å². The molecule has 3 aromatic rings. The van der Waals surface area contributed by atoms with Gasteiger partial charge in [0.1, 0.15) is 11.4 Å². The van der Waals surface area contributed by atoms with Crippen LogP contribution in [0.2, 0.25) is 0 Å². The van der Waals surface area contributed by atoms with Gasteiger partial charge in [-0.3, -0.25) is 0 Å². The molecule has 0 saturated heterocycles. The number of aryl methyl sites for hydroxylation is 2. The van der Waals surface area contributed by atoms with Crippen molar-refractivity contribution in [3.05, 3.63) is 65.9 Å². The van der Waals surface area contributed by atoms with Gasteiger partial charge in [0, 0.05) is 5.56 Å². The average Bonchev–Trinajstić information content (AvgIpc) is 2.76. The Morgan fingerprint density at radius 2 is 1.55 bits per heavy atom. The molecule has 1 N–H and O–H groups in total. The van der Waals surface area contributed by atoms with Crippen molar-refractivity contribution in [3.63, 3.8) is 0 Å². The Bertz CT molecular complexity index is 745. The zero-order valence-electron chi connectivity index (χ0n) is 11.5. The van der Waals surface area contributed by atoms with Crippen molar-refractivity contribution in [2.75, 3.05) is 0 Å². The quantitative estimate of drug-likeness (QED) is 0.763. The highest BCUT2D eigenvalue weighted by molar-refractivity contribution is 5.70. The van der Waals surface area contributed by atoms with Crippen LogP contribution in [0.4, 0.5) is 0 Å². The van der Waals surface area contributed by atoms with Gasteiger partial charge >= 0.3 is 0 Å². The molecule has 0 fully saturated rings. The highest BCUT2D eigenvalue weighted by atomic mass is 16.3. The first-order valence-electron chi connectivity index (χ1n) is 6.58. The highest BCUT2D eigenvalue weighted by Gasteiger charge is 2.17. The van der Waals surface area contributed by atoms with E-state index in [1.54, 1.807) is 0 Å². The maximum atomic E-state index is 10.3. The third kappa shape index (κ3) is 1.97. The van der Waals surface area contributed by atoms with E-state index in [4.69, 9.17) is 0 Å². The summed E-state index contributed by atoms with van der Waals surface area (Å²) in [7, 11) is 0. The Balaban J connectivity index is 2.28. The fourth-order valence-electron chi connectivity index (χ4n) is 2.35. The SMILES string of the molecule is Cc1ccccc1-n1nc(C)c(O)c1-c1ccccc1. The molecule has 1 aromatic heterocycles. The zero-order valence-corrected chi connectivity index (χ0v) is 11.5. The van der Waals surface area contributed by atoms with Gasteiger partial charge in [-0.15, -0.1) is 0 Å². The minimum atomic E-state index is 0.236. The van der Waals surface area contributed by atoms with Crippen LogP contribution in [0.5, 0.6) is 5.75 Å². The maximum Gasteiger partial charge on any atom is 0.165 e. The predicted octanol–water partition coefficient (Wildman–Crippen LogP) is 3.86. The van der Waals surface area contributed by atoms with Crippen LogP contribution in [0.25, 0.3) is 16.9 Å². The van der Waals surface area contributed by atoms with Gasteiger partial charge in [0.05, 0.1) is 5.69 Å². The molecular weight excluding hydrogens is 248 g/mol. The molecule has 3 heteroatoms. The van der Waals surface area contributed by atoms with E-state index in [0.717, 1.165) is 22.5 Å². The number of aromatic hydroxyl groups is 1. The molecule has 0 spiro atoms. The molecule has 20 heavy (non-hydrogen) atoms. The molecule has 0 radical (unpaired) electrons. The van der Waals surface area contributed by atoms with Crippen molar-refractivity contribution in [3.8, 4) is 22.7 Å². The number of rotatable bonds is 2. The first kappa shape index (κ1) is 12.5. The van der Waals surface area contributed by atoms with Gasteiger partial charge in [-0.2, -0.15) is 5.10 Å². The van der Waals surface area contributed by atoms with Crippen molar-refractivity contribution in [1.29, 1.82) is 0 Å². The Hall–Kier alpha value is -2.55. The molecule has 3 rings (SSSR count). The van der Waals surface area contributed by atoms with Crippen LogP contribution in [-0.4, -0.2) is 14.9 Å². The summed E-state index contributed by atoms with van der Waals surface area (Å²) in [6.45, 7) is 3.86. The van der Waals surface area contributed by atoms with Crippen LogP contribution < -0.4 is 0 Å². The molecule has 0 bridgehead atoms. The molecule has 0 aliphatic heterocycles. The molecule has 0 saturated carbocycles. The highest BCUT2D eigenvalue weighted by Crippen LogP contribution is 2.34. The topological polar surface area (TPSA) is 38.0 Å². The monoisotopic (exact) mass is 264 g/mol. The van der Waals surface area contributed by atoms with E-state index in [-0.39, 0.29) is 5.75 Å². The minimum absolute atomic E-state index is 0.236. The molecule has 100 valence electrons. The minimum Gasteiger partial charge on any atom is -0.504 e. The lowest BCUT2D eigenvalue weighted by Crippen LogP contribution is -2.01. The van der Waals surface area contributed by atoms with Gasteiger partial charge < -0.3 is 5.11 Å². The van der Waals surface area contributed by atoms with E-state index in [1.165, 1.54) is 0 Å². The van der Waals surface area contributed by atoms with Gasteiger partial charge in [-0.05, 0) is 25.5 Å². The second kappa shape index (κ2) is 4.85. The number of para-hydroxylation sites is 1. The van der Waals surface area contributed by atoms with Gasteiger partial charge in [0.15, 0.2) is 5.75 Å². The normalized spacial score (nSPS) is 10.7. The second-order valence-electron chi connectivity index (χ2n) is 4.85. The third-order valence-corrected chi connectivity index (χ3v) is 3.42. The van der Waals surface area contributed by atoms with E-state index in [1.807, 2.05) is 73.1 Å². The first-order valence-corrected chi connectivity index (χ1v) is 6.58. The second-order valence-corrected chi connectivity index (χ2v) is 4.85. The summed E-state index contributed by atoms with van der Waals surface area (Å²) in [4.78, 5) is 0. The van der Waals surface area contributed by atoms with Gasteiger partial charge in [-0.25, -0.2) is 4.68 Å². The lowest BCUT2D eigenvalue weighted by molar-refractivity contribution is 0.473. The third-order valence-electron chi connectivity index (χ3n) is 3.42. The summed E-state index contributed by atoms with van der Waals surface area (Å²) >= 11 is 0. The lowest BCUT2D eigenvalue weighted by Gasteiger charge is -2.10. The van der Waals surface area contributed by atoms with E-state index < -0.39 is 0 Å². The number of hydrogen-bond donors (Lipinski definition) is 1. The Kier molecular flexibility index (Phi) is 3.03. The Morgan fingerprint density at radius 1 is 0.900 bits per heavy atom. The van der Waals surface area contributed by atoms with Crippen LogP contribution in [0.3, 0.4) is 0 Å². The fourth-order valence-corrected chi connectivity index (χ4v) is 2.35. The number of benzene rings is 2. The van der Waals surface area contributed by atoms with Crippen LogP contribution in [0.15, 0.2) is 54.6 Å². The van der Waals surface area contributed by atoms with Crippen LogP contribution in [-0.2, 0) is 0 Å². The number of hydrogen-bond acceptors (Lipinski definition) is 2. The van der Waals surface area contributed by atoms with E-state index in [0.29, 0.717) is 5.69 Å². The summed E-state index contributed by atoms with van der Waals surface area (Å²) < 4.78 is 1.81. The van der Waals surface area contributed by atoms with Crippen molar-refractivity contribution in [2.24, 2.45) is 0 Å². The maximum absolute atomic E-state index is 10.3.